The lowest BCUT2D eigenvalue weighted by Gasteiger charge is -2.22. The number of halogens is 2. The molecule has 0 atom stereocenters. The second-order valence-electron chi connectivity index (χ2n) is 7.01. The van der Waals surface area contributed by atoms with Gasteiger partial charge in [0.25, 0.3) is 5.91 Å². The van der Waals surface area contributed by atoms with Crippen molar-refractivity contribution >= 4 is 49.7 Å². The van der Waals surface area contributed by atoms with E-state index in [1.165, 1.54) is 25.5 Å². The predicted octanol–water partition coefficient (Wildman–Crippen LogP) is 4.16. The highest BCUT2D eigenvalue weighted by atomic mass is 79.9. The van der Waals surface area contributed by atoms with Crippen molar-refractivity contribution in [3.8, 4) is 11.5 Å². The van der Waals surface area contributed by atoms with Gasteiger partial charge in [0.1, 0.15) is 0 Å². The summed E-state index contributed by atoms with van der Waals surface area (Å²) in [4.78, 5) is 12.6. The first-order valence-corrected chi connectivity index (χ1v) is 12.5. The monoisotopic (exact) mass is 565 g/mol. The highest BCUT2D eigenvalue weighted by Gasteiger charge is 2.27. The SMILES string of the molecule is COc1cccc(/C=N/NC(=O)CN(Cc2ccccc2Cl)S(=O)(=O)c2ccc(Br)cc2)c1O. The number of nitrogens with one attached hydrogen (secondary N) is 1. The first-order chi connectivity index (χ1) is 16.2. The zero-order valence-electron chi connectivity index (χ0n) is 18.0. The van der Waals surface area contributed by atoms with Crippen LogP contribution in [0.4, 0.5) is 0 Å². The van der Waals surface area contributed by atoms with Crippen molar-refractivity contribution in [3.63, 3.8) is 0 Å². The highest BCUT2D eigenvalue weighted by Crippen LogP contribution is 2.28. The fourth-order valence-electron chi connectivity index (χ4n) is 2.98. The number of sulfonamides is 1. The molecular formula is C23H21BrClN3O5S. The third-order valence-corrected chi connectivity index (χ3v) is 7.42. The average molecular weight is 567 g/mol. The van der Waals surface area contributed by atoms with Crippen LogP contribution in [0.25, 0.3) is 0 Å². The minimum Gasteiger partial charge on any atom is -0.504 e. The molecule has 0 aliphatic carbocycles. The third kappa shape index (κ3) is 6.35. The number of methoxy groups -OCH3 is 1. The maximum absolute atomic E-state index is 13.3. The van der Waals surface area contributed by atoms with Gasteiger partial charge in [0.2, 0.25) is 10.0 Å². The quantitative estimate of drug-likeness (QED) is 0.299. The molecule has 1 amide bonds. The van der Waals surface area contributed by atoms with E-state index in [0.717, 1.165) is 8.78 Å². The van der Waals surface area contributed by atoms with Gasteiger partial charge in [-0.2, -0.15) is 9.41 Å². The Balaban J connectivity index is 1.81. The summed E-state index contributed by atoms with van der Waals surface area (Å²) in [6, 6.07) is 17.7. The van der Waals surface area contributed by atoms with Crippen molar-refractivity contribution in [2.24, 2.45) is 5.10 Å². The Morgan fingerprint density at radius 2 is 1.85 bits per heavy atom. The average Bonchev–Trinajstić information content (AvgIpc) is 2.81. The molecule has 11 heteroatoms. The van der Waals surface area contributed by atoms with Crippen LogP contribution in [0.1, 0.15) is 11.1 Å². The molecule has 0 fully saturated rings. The zero-order valence-corrected chi connectivity index (χ0v) is 21.1. The van der Waals surface area contributed by atoms with Gasteiger partial charge in [-0.25, -0.2) is 13.8 Å². The summed E-state index contributed by atoms with van der Waals surface area (Å²) in [5, 5.41) is 14.3. The van der Waals surface area contributed by atoms with Gasteiger partial charge in [0, 0.05) is 21.6 Å². The number of phenols is 1. The fourth-order valence-corrected chi connectivity index (χ4v) is 4.81. The topological polar surface area (TPSA) is 108 Å². The van der Waals surface area contributed by atoms with Crippen molar-refractivity contribution in [2.75, 3.05) is 13.7 Å². The molecule has 178 valence electrons. The van der Waals surface area contributed by atoms with E-state index in [1.54, 1.807) is 54.6 Å². The smallest absolute Gasteiger partial charge is 0.255 e. The van der Waals surface area contributed by atoms with E-state index in [1.807, 2.05) is 0 Å². The van der Waals surface area contributed by atoms with Crippen LogP contribution in [0.15, 0.2) is 81.2 Å². The van der Waals surface area contributed by atoms with Crippen molar-refractivity contribution in [3.05, 3.63) is 87.4 Å². The molecular weight excluding hydrogens is 546 g/mol. The zero-order chi connectivity index (χ0) is 24.7. The van der Waals surface area contributed by atoms with Crippen LogP contribution in [-0.4, -0.2) is 43.6 Å². The normalized spacial score (nSPS) is 11.6. The number of ether oxygens (including phenoxy) is 1. The second kappa shape index (κ2) is 11.5. The van der Waals surface area contributed by atoms with Crippen LogP contribution < -0.4 is 10.2 Å². The Bertz CT molecular complexity index is 1300. The van der Waals surface area contributed by atoms with Crippen LogP contribution in [-0.2, 0) is 21.4 Å². The lowest BCUT2D eigenvalue weighted by atomic mass is 10.2. The number of benzene rings is 3. The molecule has 3 rings (SSSR count). The summed E-state index contributed by atoms with van der Waals surface area (Å²) in [5.41, 5.74) is 3.15. The van der Waals surface area contributed by atoms with Gasteiger partial charge >= 0.3 is 0 Å². The first kappa shape index (κ1) is 25.7. The number of carbonyl (C=O) groups is 1. The van der Waals surface area contributed by atoms with Gasteiger partial charge in [-0.05, 0) is 48.0 Å². The van der Waals surface area contributed by atoms with Crippen LogP contribution in [0, 0.1) is 0 Å². The molecule has 34 heavy (non-hydrogen) atoms. The summed E-state index contributed by atoms with van der Waals surface area (Å²) in [5.74, 6) is -0.561. The lowest BCUT2D eigenvalue weighted by Crippen LogP contribution is -2.39. The van der Waals surface area contributed by atoms with Crippen LogP contribution in [0.3, 0.4) is 0 Å². The largest absolute Gasteiger partial charge is 0.504 e. The summed E-state index contributed by atoms with van der Waals surface area (Å²) in [7, 11) is -2.62. The molecule has 3 aromatic rings. The maximum Gasteiger partial charge on any atom is 0.255 e. The molecule has 0 aromatic heterocycles. The van der Waals surface area contributed by atoms with Gasteiger partial charge < -0.3 is 9.84 Å². The molecule has 0 spiro atoms. The van der Waals surface area contributed by atoms with Crippen LogP contribution >= 0.6 is 27.5 Å². The number of para-hydroxylation sites is 1. The van der Waals surface area contributed by atoms with Crippen molar-refractivity contribution in [1.29, 1.82) is 0 Å². The minimum atomic E-state index is -4.04. The number of phenolic OH excluding ortho intramolecular Hbond substituents is 1. The molecule has 8 nitrogen and oxygen atoms in total. The Morgan fingerprint density at radius 1 is 1.15 bits per heavy atom. The van der Waals surface area contributed by atoms with E-state index in [2.05, 4.69) is 26.5 Å². The molecule has 0 heterocycles. The summed E-state index contributed by atoms with van der Waals surface area (Å²) >= 11 is 9.51. The number of hydrogen-bond acceptors (Lipinski definition) is 6. The number of hydrazone groups is 1. The number of hydrogen-bond donors (Lipinski definition) is 2. The minimum absolute atomic E-state index is 0.0281. The Hall–Kier alpha value is -2.92. The first-order valence-electron chi connectivity index (χ1n) is 9.89. The molecule has 0 aliphatic rings. The van der Waals surface area contributed by atoms with E-state index in [4.69, 9.17) is 16.3 Å². The molecule has 0 saturated heterocycles. The predicted molar refractivity (Wildman–Crippen MR) is 134 cm³/mol. The van der Waals surface area contributed by atoms with E-state index in [9.17, 15) is 18.3 Å². The van der Waals surface area contributed by atoms with E-state index >= 15 is 0 Å². The Labute approximate surface area is 211 Å². The molecule has 3 aromatic carbocycles. The second-order valence-corrected chi connectivity index (χ2v) is 10.3. The van der Waals surface area contributed by atoms with Crippen LogP contribution in [0.5, 0.6) is 11.5 Å². The molecule has 0 saturated carbocycles. The highest BCUT2D eigenvalue weighted by molar-refractivity contribution is 9.10. The van der Waals surface area contributed by atoms with Gasteiger partial charge in [-0.1, -0.05) is 51.8 Å². The van der Waals surface area contributed by atoms with E-state index in [0.29, 0.717) is 16.1 Å². The molecule has 0 radical (unpaired) electrons. The Morgan fingerprint density at radius 3 is 2.53 bits per heavy atom. The van der Waals surface area contributed by atoms with E-state index < -0.39 is 22.5 Å². The van der Waals surface area contributed by atoms with Gasteiger partial charge in [0.15, 0.2) is 11.5 Å². The number of nitrogens with zero attached hydrogens (tertiary/aromatic N) is 2. The van der Waals surface area contributed by atoms with Gasteiger partial charge in [0.05, 0.1) is 24.8 Å². The lowest BCUT2D eigenvalue weighted by molar-refractivity contribution is -0.121. The summed E-state index contributed by atoms with van der Waals surface area (Å²) < 4.78 is 33.4. The standard InChI is InChI=1S/C23H21BrClN3O5S/c1-33-21-8-4-6-16(23(21)30)13-26-27-22(29)15-28(14-17-5-2-3-7-20(17)25)34(31,32)19-11-9-18(24)10-12-19/h2-13,30H,14-15H2,1H3,(H,27,29)/b26-13+. The Kier molecular flexibility index (Phi) is 8.67. The number of amides is 1. The summed E-state index contributed by atoms with van der Waals surface area (Å²) in [6.45, 7) is -0.628. The van der Waals surface area contributed by atoms with E-state index in [-0.39, 0.29) is 22.9 Å². The summed E-state index contributed by atoms with van der Waals surface area (Å²) in [6.07, 6.45) is 1.23. The molecule has 0 aliphatic heterocycles. The van der Waals surface area contributed by atoms with Crippen molar-refractivity contribution < 1.29 is 23.1 Å². The third-order valence-electron chi connectivity index (χ3n) is 4.72. The number of rotatable bonds is 9. The molecule has 0 bridgehead atoms. The molecule has 2 N–H and O–H groups in total. The van der Waals surface area contributed by atoms with Crippen LogP contribution in [0.2, 0.25) is 5.02 Å². The van der Waals surface area contributed by atoms with Gasteiger partial charge in [-0.15, -0.1) is 0 Å². The molecule has 0 unspecified atom stereocenters. The maximum atomic E-state index is 13.3. The van der Waals surface area contributed by atoms with Crippen molar-refractivity contribution in [2.45, 2.75) is 11.4 Å². The number of carbonyl (C=O) groups excluding carboxylic acids is 1. The fraction of sp³-hybridized carbons (Fsp3) is 0.130. The van der Waals surface area contributed by atoms with Gasteiger partial charge in [-0.3, -0.25) is 4.79 Å². The van der Waals surface area contributed by atoms with Crippen molar-refractivity contribution in [1.82, 2.24) is 9.73 Å². The number of aromatic hydroxyl groups is 1.